The van der Waals surface area contributed by atoms with E-state index in [9.17, 15) is 14.0 Å². The highest BCUT2D eigenvalue weighted by Crippen LogP contribution is 2.45. The smallest absolute Gasteiger partial charge is 0.332 e. The molecule has 3 rings (SSSR count). The van der Waals surface area contributed by atoms with Crippen LogP contribution >= 0.6 is 23.1 Å². The standard InChI is InChI=1S/C23H20FNO5S2/c1-25-22(30-21(28)11-10-20(26)27)19-13-17(16-8-3-4-9-18(16)24)23(32-19)31-15-7-5-6-14(12-15)29-2/h3-13,22,25H,1-2H3,(H,26,27)/b11-10+. The fourth-order valence-electron chi connectivity index (χ4n) is 2.79. The first-order chi connectivity index (χ1) is 15.4. The molecule has 1 aromatic heterocycles. The number of nitrogens with one attached hydrogen (secondary N) is 1. The quantitative estimate of drug-likeness (QED) is 0.254. The van der Waals surface area contributed by atoms with Gasteiger partial charge >= 0.3 is 11.9 Å². The van der Waals surface area contributed by atoms with Gasteiger partial charge in [-0.1, -0.05) is 36.0 Å². The van der Waals surface area contributed by atoms with Gasteiger partial charge in [-0.15, -0.1) is 11.3 Å². The van der Waals surface area contributed by atoms with E-state index in [1.807, 2.05) is 24.3 Å². The number of hydrogen-bond donors (Lipinski definition) is 2. The lowest BCUT2D eigenvalue weighted by atomic mass is 10.1. The Bertz CT molecular complexity index is 1140. The zero-order valence-electron chi connectivity index (χ0n) is 17.2. The SMILES string of the molecule is CNC(OC(=O)/C=C/C(=O)O)c1cc(-c2ccccc2F)c(Sc2cccc(OC)c2)s1. The van der Waals surface area contributed by atoms with Gasteiger partial charge in [-0.05, 0) is 37.4 Å². The minimum absolute atomic E-state index is 0.369. The maximum Gasteiger partial charge on any atom is 0.332 e. The number of carboxylic acids is 1. The Morgan fingerprint density at radius 2 is 1.91 bits per heavy atom. The number of ether oxygens (including phenoxy) is 2. The van der Waals surface area contributed by atoms with E-state index in [-0.39, 0.29) is 5.82 Å². The fraction of sp³-hybridized carbons (Fsp3) is 0.130. The van der Waals surface area contributed by atoms with Crippen LogP contribution in [0, 0.1) is 5.82 Å². The van der Waals surface area contributed by atoms with Crippen molar-refractivity contribution in [2.45, 2.75) is 15.3 Å². The second-order valence-electron chi connectivity index (χ2n) is 6.39. The van der Waals surface area contributed by atoms with Crippen molar-refractivity contribution >= 4 is 35.0 Å². The number of carbonyl (C=O) groups excluding carboxylic acids is 1. The molecule has 166 valence electrons. The average Bonchev–Trinajstić information content (AvgIpc) is 3.19. The van der Waals surface area contributed by atoms with Crippen LogP contribution in [0.25, 0.3) is 11.1 Å². The molecule has 0 amide bonds. The molecule has 0 aliphatic rings. The summed E-state index contributed by atoms with van der Waals surface area (Å²) in [6.45, 7) is 0. The lowest BCUT2D eigenvalue weighted by Crippen LogP contribution is -2.21. The number of halogens is 1. The molecule has 0 aliphatic carbocycles. The predicted octanol–water partition coefficient (Wildman–Crippen LogP) is 5.12. The van der Waals surface area contributed by atoms with Crippen LogP contribution in [-0.4, -0.2) is 31.2 Å². The maximum absolute atomic E-state index is 14.6. The van der Waals surface area contributed by atoms with Crippen LogP contribution in [0.4, 0.5) is 4.39 Å². The second kappa shape index (κ2) is 10.9. The van der Waals surface area contributed by atoms with Crippen molar-refractivity contribution in [3.05, 3.63) is 77.4 Å². The van der Waals surface area contributed by atoms with E-state index in [4.69, 9.17) is 14.6 Å². The van der Waals surface area contributed by atoms with Crippen molar-refractivity contribution in [3.8, 4) is 16.9 Å². The monoisotopic (exact) mass is 473 g/mol. The molecule has 2 aromatic carbocycles. The van der Waals surface area contributed by atoms with E-state index in [0.717, 1.165) is 15.2 Å². The molecule has 0 fully saturated rings. The number of rotatable bonds is 9. The number of esters is 1. The highest BCUT2D eigenvalue weighted by Gasteiger charge is 2.22. The Labute approximate surface area is 192 Å². The van der Waals surface area contributed by atoms with Crippen molar-refractivity contribution in [3.63, 3.8) is 0 Å². The second-order valence-corrected chi connectivity index (χ2v) is 8.81. The Morgan fingerprint density at radius 3 is 2.59 bits per heavy atom. The molecule has 2 N–H and O–H groups in total. The molecule has 0 saturated carbocycles. The number of carbonyl (C=O) groups is 2. The molecule has 1 unspecified atom stereocenters. The molecule has 0 saturated heterocycles. The van der Waals surface area contributed by atoms with E-state index >= 15 is 0 Å². The molecular weight excluding hydrogens is 453 g/mol. The molecule has 9 heteroatoms. The van der Waals surface area contributed by atoms with Gasteiger partial charge in [0.1, 0.15) is 11.6 Å². The van der Waals surface area contributed by atoms with Crippen LogP contribution in [0.2, 0.25) is 0 Å². The summed E-state index contributed by atoms with van der Waals surface area (Å²) in [5.41, 5.74) is 1.08. The van der Waals surface area contributed by atoms with Gasteiger partial charge in [-0.25, -0.2) is 14.0 Å². The van der Waals surface area contributed by atoms with E-state index < -0.39 is 18.2 Å². The first-order valence-corrected chi connectivity index (χ1v) is 11.0. The number of methoxy groups -OCH3 is 1. The molecule has 6 nitrogen and oxygen atoms in total. The minimum Gasteiger partial charge on any atom is -0.497 e. The van der Waals surface area contributed by atoms with Crippen molar-refractivity contribution in [1.82, 2.24) is 5.32 Å². The summed E-state index contributed by atoms with van der Waals surface area (Å²) < 4.78 is 26.0. The molecule has 0 bridgehead atoms. The fourth-order valence-corrected chi connectivity index (χ4v) is 5.29. The van der Waals surface area contributed by atoms with Crippen LogP contribution in [0.1, 0.15) is 11.1 Å². The summed E-state index contributed by atoms with van der Waals surface area (Å²) in [7, 11) is 3.19. The van der Waals surface area contributed by atoms with Gasteiger partial charge in [0.25, 0.3) is 0 Å². The largest absolute Gasteiger partial charge is 0.497 e. The summed E-state index contributed by atoms with van der Waals surface area (Å²) in [6, 6.07) is 15.7. The van der Waals surface area contributed by atoms with Gasteiger partial charge in [0.2, 0.25) is 0 Å². The summed E-state index contributed by atoms with van der Waals surface area (Å²) in [5, 5.41) is 11.6. The molecule has 3 aromatic rings. The lowest BCUT2D eigenvalue weighted by Gasteiger charge is -2.14. The normalized spacial score (nSPS) is 12.0. The van der Waals surface area contributed by atoms with Crippen LogP contribution < -0.4 is 10.1 Å². The molecule has 1 atom stereocenters. The number of benzene rings is 2. The van der Waals surface area contributed by atoms with Crippen molar-refractivity contribution in [2.75, 3.05) is 14.2 Å². The molecule has 0 spiro atoms. The Morgan fingerprint density at radius 1 is 1.12 bits per heavy atom. The molecule has 0 aliphatic heterocycles. The maximum atomic E-state index is 14.6. The molecule has 32 heavy (non-hydrogen) atoms. The van der Waals surface area contributed by atoms with Gasteiger partial charge < -0.3 is 14.6 Å². The van der Waals surface area contributed by atoms with Gasteiger partial charge in [-0.2, -0.15) is 0 Å². The summed E-state index contributed by atoms with van der Waals surface area (Å²) in [6.07, 6.45) is 0.707. The highest BCUT2D eigenvalue weighted by atomic mass is 32.2. The van der Waals surface area contributed by atoms with Crippen LogP contribution in [0.15, 0.2) is 75.9 Å². The van der Waals surface area contributed by atoms with Gasteiger partial charge in [-0.3, -0.25) is 5.32 Å². The molecule has 0 radical (unpaired) electrons. The predicted molar refractivity (Wildman–Crippen MR) is 121 cm³/mol. The van der Waals surface area contributed by atoms with Crippen LogP contribution in [-0.2, 0) is 14.3 Å². The number of aliphatic carboxylic acids is 1. The van der Waals surface area contributed by atoms with Crippen molar-refractivity contribution in [2.24, 2.45) is 0 Å². The summed E-state index contributed by atoms with van der Waals surface area (Å²) in [5.74, 6) is -1.73. The van der Waals surface area contributed by atoms with Crippen molar-refractivity contribution < 1.29 is 28.6 Å². The average molecular weight is 474 g/mol. The first-order valence-electron chi connectivity index (χ1n) is 9.40. The van der Waals surface area contributed by atoms with Gasteiger partial charge in [0.05, 0.1) is 16.2 Å². The Balaban J connectivity index is 1.98. The number of thiophene rings is 1. The molecule has 1 heterocycles. The van der Waals surface area contributed by atoms with E-state index in [0.29, 0.717) is 27.8 Å². The van der Waals surface area contributed by atoms with E-state index in [1.165, 1.54) is 29.2 Å². The van der Waals surface area contributed by atoms with Gasteiger partial charge in [0.15, 0.2) is 6.23 Å². The molecular formula is C23H20FNO5S2. The van der Waals surface area contributed by atoms with Crippen molar-refractivity contribution in [1.29, 1.82) is 0 Å². The third kappa shape index (κ3) is 5.97. The zero-order valence-corrected chi connectivity index (χ0v) is 18.8. The van der Waals surface area contributed by atoms with E-state index in [2.05, 4.69) is 5.32 Å². The van der Waals surface area contributed by atoms with Crippen LogP contribution in [0.3, 0.4) is 0 Å². The highest BCUT2D eigenvalue weighted by molar-refractivity contribution is 8.01. The Kier molecular flexibility index (Phi) is 8.04. The van der Waals surface area contributed by atoms with Crippen LogP contribution in [0.5, 0.6) is 5.75 Å². The number of hydrogen-bond acceptors (Lipinski definition) is 7. The third-order valence-corrected chi connectivity index (χ3v) is 6.62. The van der Waals surface area contributed by atoms with E-state index in [1.54, 1.807) is 38.4 Å². The topological polar surface area (TPSA) is 84.9 Å². The summed E-state index contributed by atoms with van der Waals surface area (Å²) >= 11 is 2.79. The first kappa shape index (κ1) is 23.5. The third-order valence-electron chi connectivity index (χ3n) is 4.25. The number of carboxylic acid groups (broad SMARTS) is 1. The Hall–Kier alpha value is -3.14. The lowest BCUT2D eigenvalue weighted by molar-refractivity contribution is -0.145. The van der Waals surface area contributed by atoms with Gasteiger partial charge in [0, 0.05) is 28.2 Å². The zero-order chi connectivity index (χ0) is 23.1. The minimum atomic E-state index is -1.25. The summed E-state index contributed by atoms with van der Waals surface area (Å²) in [4.78, 5) is 24.1.